The first kappa shape index (κ1) is 10.2. The molecule has 0 aliphatic carbocycles. The quantitative estimate of drug-likeness (QED) is 0.643. The summed E-state index contributed by atoms with van der Waals surface area (Å²) in [5.41, 5.74) is 5.88. The molecule has 0 radical (unpaired) electrons. The smallest absolute Gasteiger partial charge is 0.0563 e. The Bertz CT molecular complexity index is 451. The van der Waals surface area contributed by atoms with Gasteiger partial charge in [-0.2, -0.15) is 0 Å². The fourth-order valence-electron chi connectivity index (χ4n) is 1.49. The molecule has 0 spiro atoms. The van der Waals surface area contributed by atoms with Gasteiger partial charge in [0.15, 0.2) is 0 Å². The lowest BCUT2D eigenvalue weighted by molar-refractivity contribution is 1.35. The van der Waals surface area contributed by atoms with E-state index < -0.39 is 0 Å². The molecule has 0 fully saturated rings. The van der Waals surface area contributed by atoms with Crippen molar-refractivity contribution < 1.29 is 0 Å². The highest BCUT2D eigenvalue weighted by Crippen LogP contribution is 2.27. The Labute approximate surface area is 97.2 Å². The van der Waals surface area contributed by atoms with Crippen LogP contribution in [-0.2, 0) is 0 Å². The van der Waals surface area contributed by atoms with Crippen molar-refractivity contribution in [3.8, 4) is 11.1 Å². The molecule has 0 atom stereocenters. The van der Waals surface area contributed by atoms with Crippen molar-refractivity contribution in [2.75, 3.05) is 5.43 Å². The van der Waals surface area contributed by atoms with E-state index >= 15 is 0 Å². The molecule has 0 unspecified atom stereocenters. The van der Waals surface area contributed by atoms with Crippen LogP contribution in [0.4, 0.5) is 5.69 Å². The van der Waals surface area contributed by atoms with Gasteiger partial charge in [-0.1, -0.05) is 46.3 Å². The molecule has 0 aliphatic rings. The molecular formula is C12H11BrN2. The zero-order valence-corrected chi connectivity index (χ0v) is 9.66. The number of halogens is 1. The fourth-order valence-corrected chi connectivity index (χ4v) is 1.75. The Morgan fingerprint density at radius 2 is 1.60 bits per heavy atom. The first-order chi connectivity index (χ1) is 7.31. The van der Waals surface area contributed by atoms with Crippen LogP contribution in [0.1, 0.15) is 0 Å². The third-order valence-corrected chi connectivity index (χ3v) is 2.77. The summed E-state index contributed by atoms with van der Waals surface area (Å²) in [7, 11) is 0. The molecule has 0 saturated carbocycles. The van der Waals surface area contributed by atoms with Crippen LogP contribution in [0, 0.1) is 0 Å². The Morgan fingerprint density at radius 1 is 0.933 bits per heavy atom. The molecule has 0 bridgehead atoms. The van der Waals surface area contributed by atoms with Crippen molar-refractivity contribution in [1.82, 2.24) is 0 Å². The molecule has 2 rings (SSSR count). The summed E-state index contributed by atoms with van der Waals surface area (Å²) in [6.07, 6.45) is 0. The van der Waals surface area contributed by atoms with Crippen molar-refractivity contribution in [3.05, 3.63) is 53.0 Å². The number of nitrogens with two attached hydrogens (primary N) is 1. The van der Waals surface area contributed by atoms with Gasteiger partial charge in [0.25, 0.3) is 0 Å². The van der Waals surface area contributed by atoms with E-state index in [1.54, 1.807) is 0 Å². The summed E-state index contributed by atoms with van der Waals surface area (Å²) < 4.78 is 1.07. The Kier molecular flexibility index (Phi) is 3.04. The van der Waals surface area contributed by atoms with Crippen LogP contribution < -0.4 is 11.3 Å². The van der Waals surface area contributed by atoms with E-state index in [4.69, 9.17) is 5.84 Å². The molecule has 0 heterocycles. The summed E-state index contributed by atoms with van der Waals surface area (Å²) in [6, 6.07) is 16.1. The minimum atomic E-state index is 0.930. The Morgan fingerprint density at radius 3 is 2.27 bits per heavy atom. The number of nitrogen functional groups attached to an aromatic ring is 1. The molecule has 3 heteroatoms. The normalized spacial score (nSPS) is 10.0. The van der Waals surface area contributed by atoms with Gasteiger partial charge in [-0.05, 0) is 23.8 Å². The van der Waals surface area contributed by atoms with E-state index in [0.717, 1.165) is 21.3 Å². The second-order valence-corrected chi connectivity index (χ2v) is 4.11. The highest BCUT2D eigenvalue weighted by atomic mass is 79.9. The number of anilines is 1. The third kappa shape index (κ3) is 2.19. The lowest BCUT2D eigenvalue weighted by atomic mass is 10.0. The van der Waals surface area contributed by atoms with Gasteiger partial charge in [0.2, 0.25) is 0 Å². The summed E-state index contributed by atoms with van der Waals surface area (Å²) in [4.78, 5) is 0. The maximum atomic E-state index is 5.46. The minimum Gasteiger partial charge on any atom is -0.324 e. The van der Waals surface area contributed by atoms with Gasteiger partial charge in [-0.15, -0.1) is 0 Å². The molecule has 0 aliphatic heterocycles. The number of para-hydroxylation sites is 1. The number of nitrogens with one attached hydrogen (secondary N) is 1. The standard InChI is InChI=1S/C12H11BrN2/c13-10-7-5-9(6-8-10)11-3-1-2-4-12(11)15-14/h1-8,15H,14H2. The minimum absolute atomic E-state index is 0.930. The second kappa shape index (κ2) is 4.47. The summed E-state index contributed by atoms with van der Waals surface area (Å²) in [6.45, 7) is 0. The van der Waals surface area contributed by atoms with Gasteiger partial charge in [-0.3, -0.25) is 5.84 Å². The summed E-state index contributed by atoms with van der Waals surface area (Å²) >= 11 is 3.41. The van der Waals surface area contributed by atoms with E-state index in [-0.39, 0.29) is 0 Å². The van der Waals surface area contributed by atoms with Crippen LogP contribution in [0.2, 0.25) is 0 Å². The summed E-state index contributed by atoms with van der Waals surface area (Å²) in [5.74, 6) is 5.46. The number of rotatable bonds is 2. The van der Waals surface area contributed by atoms with Crippen molar-refractivity contribution >= 4 is 21.6 Å². The maximum Gasteiger partial charge on any atom is 0.0563 e. The van der Waals surface area contributed by atoms with E-state index in [0.29, 0.717) is 0 Å². The monoisotopic (exact) mass is 262 g/mol. The van der Waals surface area contributed by atoms with E-state index in [1.165, 1.54) is 0 Å². The van der Waals surface area contributed by atoms with Crippen molar-refractivity contribution in [1.29, 1.82) is 0 Å². The number of hydrazine groups is 1. The zero-order valence-electron chi connectivity index (χ0n) is 8.07. The zero-order chi connectivity index (χ0) is 10.7. The fraction of sp³-hybridized carbons (Fsp3) is 0. The average Bonchev–Trinajstić information content (AvgIpc) is 2.30. The van der Waals surface area contributed by atoms with Gasteiger partial charge in [0, 0.05) is 10.0 Å². The molecule has 0 aromatic heterocycles. The summed E-state index contributed by atoms with van der Waals surface area (Å²) in [5, 5.41) is 0. The molecule has 2 nitrogen and oxygen atoms in total. The van der Waals surface area contributed by atoms with Crippen LogP contribution in [0.5, 0.6) is 0 Å². The lowest BCUT2D eigenvalue weighted by Gasteiger charge is -2.08. The highest BCUT2D eigenvalue weighted by Gasteiger charge is 2.02. The van der Waals surface area contributed by atoms with Gasteiger partial charge in [-0.25, -0.2) is 0 Å². The SMILES string of the molecule is NNc1ccccc1-c1ccc(Br)cc1. The van der Waals surface area contributed by atoms with E-state index in [9.17, 15) is 0 Å². The average molecular weight is 263 g/mol. The second-order valence-electron chi connectivity index (χ2n) is 3.20. The topological polar surface area (TPSA) is 38.0 Å². The highest BCUT2D eigenvalue weighted by molar-refractivity contribution is 9.10. The lowest BCUT2D eigenvalue weighted by Crippen LogP contribution is -2.07. The molecule has 3 N–H and O–H groups in total. The predicted octanol–water partition coefficient (Wildman–Crippen LogP) is 3.40. The molecule has 2 aromatic rings. The molecule has 76 valence electrons. The number of hydrogen-bond donors (Lipinski definition) is 2. The largest absolute Gasteiger partial charge is 0.324 e. The molecule has 0 saturated heterocycles. The van der Waals surface area contributed by atoms with Gasteiger partial charge in [0.05, 0.1) is 5.69 Å². The van der Waals surface area contributed by atoms with E-state index in [2.05, 4.69) is 33.5 Å². The van der Waals surface area contributed by atoms with E-state index in [1.807, 2.05) is 36.4 Å². The van der Waals surface area contributed by atoms with Crippen molar-refractivity contribution in [3.63, 3.8) is 0 Å². The van der Waals surface area contributed by atoms with Gasteiger partial charge < -0.3 is 5.43 Å². The number of benzene rings is 2. The van der Waals surface area contributed by atoms with Gasteiger partial charge in [0.1, 0.15) is 0 Å². The third-order valence-electron chi connectivity index (χ3n) is 2.24. The first-order valence-corrected chi connectivity index (χ1v) is 5.42. The predicted molar refractivity (Wildman–Crippen MR) is 67.4 cm³/mol. The molecule has 2 aromatic carbocycles. The Balaban J connectivity index is 2.49. The van der Waals surface area contributed by atoms with Crippen molar-refractivity contribution in [2.24, 2.45) is 5.84 Å². The maximum absolute atomic E-state index is 5.46. The first-order valence-electron chi connectivity index (χ1n) is 4.63. The van der Waals surface area contributed by atoms with Crippen molar-refractivity contribution in [2.45, 2.75) is 0 Å². The molecule has 15 heavy (non-hydrogen) atoms. The molecule has 0 amide bonds. The van der Waals surface area contributed by atoms with Gasteiger partial charge >= 0.3 is 0 Å². The molecular weight excluding hydrogens is 252 g/mol. The van der Waals surface area contributed by atoms with Crippen LogP contribution in [0.25, 0.3) is 11.1 Å². The van der Waals surface area contributed by atoms with Crippen LogP contribution in [-0.4, -0.2) is 0 Å². The van der Waals surface area contributed by atoms with Crippen LogP contribution >= 0.6 is 15.9 Å². The number of hydrogen-bond acceptors (Lipinski definition) is 2. The Hall–Kier alpha value is -1.32. The van der Waals surface area contributed by atoms with Crippen LogP contribution in [0.15, 0.2) is 53.0 Å². The van der Waals surface area contributed by atoms with Crippen LogP contribution in [0.3, 0.4) is 0 Å².